The first-order valence-corrected chi connectivity index (χ1v) is 11.3. The molecule has 2 N–H and O–H groups in total. The Hall–Kier alpha value is -0.900. The average molecular weight is 518 g/mol. The molecule has 1 saturated heterocycles. The lowest BCUT2D eigenvalue weighted by atomic mass is 9.92. The number of hydrogen-bond donors (Lipinski definition) is 2. The van der Waals surface area contributed by atoms with Crippen molar-refractivity contribution in [2.45, 2.75) is 90.1 Å². The van der Waals surface area contributed by atoms with Crippen LogP contribution in [0.5, 0.6) is 0 Å². The van der Waals surface area contributed by atoms with Crippen molar-refractivity contribution in [2.24, 2.45) is 4.99 Å². The van der Waals surface area contributed by atoms with Crippen LogP contribution in [0.1, 0.15) is 83.3 Å². The Morgan fingerprint density at radius 2 is 2.00 bits per heavy atom. The minimum Gasteiger partial charge on any atom is -0.357 e. The molecule has 1 saturated carbocycles. The molecule has 1 aliphatic heterocycles. The van der Waals surface area contributed by atoms with Crippen LogP contribution < -0.4 is 10.6 Å². The Kier molecular flexibility index (Phi) is 10.7. The minimum atomic E-state index is 0. The van der Waals surface area contributed by atoms with Crippen LogP contribution in [0.25, 0.3) is 0 Å². The summed E-state index contributed by atoms with van der Waals surface area (Å²) >= 11 is 0. The first-order valence-electron chi connectivity index (χ1n) is 11.3. The maximum atomic E-state index is 5.32. The third kappa shape index (κ3) is 7.70. The van der Waals surface area contributed by atoms with Gasteiger partial charge in [0.05, 0.1) is 6.54 Å². The third-order valence-corrected chi connectivity index (χ3v) is 5.82. The molecule has 8 heteroatoms. The molecule has 0 radical (unpaired) electrons. The smallest absolute Gasteiger partial charge is 0.228 e. The lowest BCUT2D eigenvalue weighted by Crippen LogP contribution is -2.53. The van der Waals surface area contributed by atoms with E-state index in [4.69, 9.17) is 9.52 Å². The van der Waals surface area contributed by atoms with Crippen molar-refractivity contribution in [3.63, 3.8) is 0 Å². The van der Waals surface area contributed by atoms with Crippen molar-refractivity contribution in [3.8, 4) is 0 Å². The predicted molar refractivity (Wildman–Crippen MR) is 128 cm³/mol. The van der Waals surface area contributed by atoms with Crippen LogP contribution in [0.2, 0.25) is 0 Å². The topological polar surface area (TPSA) is 78.6 Å². The molecule has 3 rings (SSSR count). The molecular formula is C21H39IN6O. The largest absolute Gasteiger partial charge is 0.357 e. The maximum absolute atomic E-state index is 5.32. The van der Waals surface area contributed by atoms with Crippen LogP contribution in [0.4, 0.5) is 0 Å². The lowest BCUT2D eigenvalue weighted by Gasteiger charge is -2.40. The number of halogens is 1. The highest BCUT2D eigenvalue weighted by Gasteiger charge is 2.27. The number of hydrogen-bond acceptors (Lipinski definition) is 5. The Morgan fingerprint density at radius 1 is 1.21 bits per heavy atom. The zero-order valence-electron chi connectivity index (χ0n) is 18.3. The van der Waals surface area contributed by atoms with E-state index in [0.717, 1.165) is 30.9 Å². The fraction of sp³-hybridized carbons (Fsp3) is 0.857. The zero-order chi connectivity index (χ0) is 19.8. The molecule has 2 aliphatic rings. The summed E-state index contributed by atoms with van der Waals surface area (Å²) in [5.74, 6) is 2.64. The molecular weight excluding hydrogens is 479 g/mol. The number of piperidine rings is 1. The molecule has 2 heterocycles. The van der Waals surface area contributed by atoms with Crippen molar-refractivity contribution in [2.75, 3.05) is 26.2 Å². The summed E-state index contributed by atoms with van der Waals surface area (Å²) in [5.41, 5.74) is 0. The van der Waals surface area contributed by atoms with Gasteiger partial charge in [-0.15, -0.1) is 24.0 Å². The summed E-state index contributed by atoms with van der Waals surface area (Å²) in [6.07, 6.45) is 10.1. The Bertz CT molecular complexity index is 614. The van der Waals surface area contributed by atoms with E-state index in [2.05, 4.69) is 46.4 Å². The monoisotopic (exact) mass is 518 g/mol. The van der Waals surface area contributed by atoms with E-state index in [-0.39, 0.29) is 24.0 Å². The van der Waals surface area contributed by atoms with Gasteiger partial charge >= 0.3 is 0 Å². The molecule has 1 unspecified atom stereocenters. The van der Waals surface area contributed by atoms with Crippen LogP contribution in [0, 0.1) is 0 Å². The molecule has 0 bridgehead atoms. The summed E-state index contributed by atoms with van der Waals surface area (Å²) in [7, 11) is 0. The SMILES string of the molecule is CCNC(=NCCc1nc(C(C)C)no1)NC1CCCN(C2CCCCC2)C1.I. The van der Waals surface area contributed by atoms with E-state index in [0.29, 0.717) is 30.8 Å². The van der Waals surface area contributed by atoms with Crippen LogP contribution in [-0.2, 0) is 6.42 Å². The summed E-state index contributed by atoms with van der Waals surface area (Å²) in [5, 5.41) is 11.1. The molecule has 0 aromatic carbocycles. The first-order chi connectivity index (χ1) is 13.7. The molecule has 166 valence electrons. The standard InChI is InChI=1S/C21H38N6O.HI/c1-4-22-21(23-13-12-19-25-20(16(2)3)26-28-19)24-17-9-8-14-27(15-17)18-10-6-5-7-11-18;/h16-18H,4-15H2,1-3H3,(H2,22,23,24);1H. The molecule has 1 aromatic rings. The van der Waals surface area contributed by atoms with Gasteiger partial charge in [0.25, 0.3) is 0 Å². The molecule has 2 fully saturated rings. The normalized spacial score (nSPS) is 21.8. The van der Waals surface area contributed by atoms with Gasteiger partial charge in [0, 0.05) is 37.5 Å². The van der Waals surface area contributed by atoms with E-state index in [9.17, 15) is 0 Å². The number of guanidine groups is 1. The minimum absolute atomic E-state index is 0. The summed E-state index contributed by atoms with van der Waals surface area (Å²) < 4.78 is 5.32. The Morgan fingerprint density at radius 3 is 2.69 bits per heavy atom. The molecule has 1 aromatic heterocycles. The number of nitrogens with zero attached hydrogens (tertiary/aromatic N) is 4. The van der Waals surface area contributed by atoms with Crippen molar-refractivity contribution >= 4 is 29.9 Å². The van der Waals surface area contributed by atoms with Crippen LogP contribution in [-0.4, -0.2) is 59.3 Å². The van der Waals surface area contributed by atoms with Gasteiger partial charge in [-0.1, -0.05) is 38.3 Å². The lowest BCUT2D eigenvalue weighted by molar-refractivity contribution is 0.115. The highest BCUT2D eigenvalue weighted by molar-refractivity contribution is 14.0. The summed E-state index contributed by atoms with van der Waals surface area (Å²) in [4.78, 5) is 11.9. The second kappa shape index (κ2) is 12.7. The Balaban J connectivity index is 0.00000300. The number of nitrogens with one attached hydrogen (secondary N) is 2. The molecule has 7 nitrogen and oxygen atoms in total. The zero-order valence-corrected chi connectivity index (χ0v) is 20.7. The fourth-order valence-electron chi connectivity index (χ4n) is 4.28. The quantitative estimate of drug-likeness (QED) is 0.326. The van der Waals surface area contributed by atoms with E-state index in [1.54, 1.807) is 0 Å². The molecule has 1 atom stereocenters. The van der Waals surface area contributed by atoms with Crippen molar-refractivity contribution < 1.29 is 4.52 Å². The van der Waals surface area contributed by atoms with Crippen molar-refractivity contribution in [1.82, 2.24) is 25.7 Å². The number of aromatic nitrogens is 2. The summed E-state index contributed by atoms with van der Waals surface area (Å²) in [6.45, 7) is 10.2. The molecule has 0 spiro atoms. The number of likely N-dealkylation sites (tertiary alicyclic amines) is 1. The van der Waals surface area contributed by atoms with E-state index in [1.165, 1.54) is 51.5 Å². The van der Waals surface area contributed by atoms with Gasteiger partial charge in [-0.3, -0.25) is 9.89 Å². The van der Waals surface area contributed by atoms with Gasteiger partial charge in [-0.05, 0) is 39.2 Å². The van der Waals surface area contributed by atoms with Gasteiger partial charge < -0.3 is 15.2 Å². The van der Waals surface area contributed by atoms with Gasteiger partial charge in [0.2, 0.25) is 5.89 Å². The highest BCUT2D eigenvalue weighted by Crippen LogP contribution is 2.25. The predicted octanol–water partition coefficient (Wildman–Crippen LogP) is 3.71. The van der Waals surface area contributed by atoms with Gasteiger partial charge in [-0.25, -0.2) is 0 Å². The van der Waals surface area contributed by atoms with Gasteiger partial charge in [0.1, 0.15) is 0 Å². The number of aliphatic imine (C=N–C) groups is 1. The van der Waals surface area contributed by atoms with Crippen LogP contribution in [0.15, 0.2) is 9.52 Å². The molecule has 0 amide bonds. The van der Waals surface area contributed by atoms with Crippen molar-refractivity contribution in [3.05, 3.63) is 11.7 Å². The van der Waals surface area contributed by atoms with Crippen LogP contribution in [0.3, 0.4) is 0 Å². The average Bonchev–Trinajstić information content (AvgIpc) is 3.18. The summed E-state index contributed by atoms with van der Waals surface area (Å²) in [6, 6.07) is 1.27. The molecule has 29 heavy (non-hydrogen) atoms. The first kappa shape index (κ1) is 24.4. The number of rotatable bonds is 7. The van der Waals surface area contributed by atoms with Gasteiger partial charge in [-0.2, -0.15) is 4.98 Å². The van der Waals surface area contributed by atoms with E-state index in [1.807, 2.05) is 0 Å². The fourth-order valence-corrected chi connectivity index (χ4v) is 4.28. The Labute approximate surface area is 192 Å². The van der Waals surface area contributed by atoms with Gasteiger partial charge in [0.15, 0.2) is 11.8 Å². The highest BCUT2D eigenvalue weighted by atomic mass is 127. The van der Waals surface area contributed by atoms with E-state index < -0.39 is 0 Å². The third-order valence-electron chi connectivity index (χ3n) is 5.82. The van der Waals surface area contributed by atoms with E-state index >= 15 is 0 Å². The second-order valence-electron chi connectivity index (χ2n) is 8.48. The van der Waals surface area contributed by atoms with Crippen LogP contribution >= 0.6 is 24.0 Å². The second-order valence-corrected chi connectivity index (χ2v) is 8.48. The maximum Gasteiger partial charge on any atom is 0.228 e. The molecule has 1 aliphatic carbocycles. The van der Waals surface area contributed by atoms with Crippen molar-refractivity contribution in [1.29, 1.82) is 0 Å².